The molecule has 0 aromatic heterocycles. The maximum atomic E-state index is 6.26. The molecule has 3 rings (SSSR count). The minimum absolute atomic E-state index is 0.00587. The van der Waals surface area contributed by atoms with E-state index in [0.29, 0.717) is 0 Å². The second-order valence-corrected chi connectivity index (χ2v) is 8.34. The molecular weight excluding hydrogens is 392 g/mol. The van der Waals surface area contributed by atoms with Gasteiger partial charge in [0.15, 0.2) is 0 Å². The van der Waals surface area contributed by atoms with Crippen LogP contribution in [0.5, 0.6) is 0 Å². The molecule has 1 aliphatic heterocycles. The predicted molar refractivity (Wildman–Crippen MR) is 122 cm³/mol. The molecule has 0 unspecified atom stereocenters. The first-order valence-corrected chi connectivity index (χ1v) is 10.8. The third-order valence-electron chi connectivity index (χ3n) is 5.25. The Morgan fingerprint density at radius 3 is 1.45 bits per heavy atom. The zero-order valence-corrected chi connectivity index (χ0v) is 19.0. The van der Waals surface area contributed by atoms with Crippen molar-refractivity contribution in [2.24, 2.45) is 0 Å². The van der Waals surface area contributed by atoms with E-state index in [0.717, 1.165) is 12.8 Å². The number of ether oxygens (including phenoxy) is 3. The lowest BCUT2D eigenvalue weighted by Crippen LogP contribution is -2.60. The first-order valence-electron chi connectivity index (χ1n) is 10.8. The minimum Gasteiger partial charge on any atom is -0.348 e. The van der Waals surface area contributed by atoms with Crippen molar-refractivity contribution in [1.82, 2.24) is 20.9 Å². The molecule has 4 atom stereocenters. The monoisotopic (exact) mass is 428 g/mol. The SMILES string of the molecule is CN(C)N[C@H](Cc1ccccc1)[C@@H]1OCOCO[C@H]1[C@@H](Cc1ccccc1)NN(C)C. The van der Waals surface area contributed by atoms with E-state index in [1.54, 1.807) is 0 Å². The van der Waals surface area contributed by atoms with E-state index in [2.05, 4.69) is 59.4 Å². The van der Waals surface area contributed by atoms with Crippen LogP contribution in [0.3, 0.4) is 0 Å². The molecule has 1 fully saturated rings. The number of nitrogens with zero attached hydrogens (tertiary/aromatic N) is 2. The van der Waals surface area contributed by atoms with Crippen LogP contribution < -0.4 is 10.9 Å². The normalized spacial score (nSPS) is 21.7. The van der Waals surface area contributed by atoms with Crippen molar-refractivity contribution < 1.29 is 14.2 Å². The van der Waals surface area contributed by atoms with Gasteiger partial charge in [-0.3, -0.25) is 10.0 Å². The maximum absolute atomic E-state index is 6.26. The number of hydrazine groups is 2. The van der Waals surface area contributed by atoms with Gasteiger partial charge >= 0.3 is 0 Å². The molecule has 1 aliphatic rings. The van der Waals surface area contributed by atoms with Crippen LogP contribution in [-0.2, 0) is 27.1 Å². The summed E-state index contributed by atoms with van der Waals surface area (Å²) < 4.78 is 18.1. The van der Waals surface area contributed by atoms with Gasteiger partial charge in [-0.1, -0.05) is 60.7 Å². The van der Waals surface area contributed by atoms with E-state index < -0.39 is 0 Å². The van der Waals surface area contributed by atoms with Crippen molar-refractivity contribution in [3.05, 3.63) is 71.8 Å². The highest BCUT2D eigenvalue weighted by atomic mass is 16.8. The number of benzene rings is 2. The molecule has 0 amide bonds. The van der Waals surface area contributed by atoms with Crippen molar-refractivity contribution in [2.45, 2.75) is 37.1 Å². The second kappa shape index (κ2) is 12.3. The van der Waals surface area contributed by atoms with Gasteiger partial charge in [-0.2, -0.15) is 0 Å². The zero-order valence-electron chi connectivity index (χ0n) is 19.0. The number of hydrogen-bond acceptors (Lipinski definition) is 7. The van der Waals surface area contributed by atoms with Crippen LogP contribution in [0, 0.1) is 0 Å². The summed E-state index contributed by atoms with van der Waals surface area (Å²) >= 11 is 0. The van der Waals surface area contributed by atoms with Gasteiger partial charge in [-0.05, 0) is 24.0 Å². The fourth-order valence-electron chi connectivity index (χ4n) is 4.04. The summed E-state index contributed by atoms with van der Waals surface area (Å²) in [5.41, 5.74) is 9.61. The van der Waals surface area contributed by atoms with Gasteiger partial charge in [0.2, 0.25) is 0 Å². The van der Waals surface area contributed by atoms with Crippen molar-refractivity contribution in [1.29, 1.82) is 0 Å². The summed E-state index contributed by atoms with van der Waals surface area (Å²) in [5, 5.41) is 3.96. The molecule has 0 spiro atoms. The molecule has 1 saturated heterocycles. The molecule has 1 heterocycles. The molecule has 31 heavy (non-hydrogen) atoms. The highest BCUT2D eigenvalue weighted by molar-refractivity contribution is 5.18. The topological polar surface area (TPSA) is 58.2 Å². The molecule has 0 saturated carbocycles. The average molecular weight is 429 g/mol. The van der Waals surface area contributed by atoms with Gasteiger partial charge < -0.3 is 14.2 Å². The summed E-state index contributed by atoms with van der Waals surface area (Å²) in [6.45, 7) is 0.420. The summed E-state index contributed by atoms with van der Waals surface area (Å²) in [7, 11) is 8.00. The van der Waals surface area contributed by atoms with Gasteiger partial charge in [0.25, 0.3) is 0 Å². The Morgan fingerprint density at radius 2 is 1.10 bits per heavy atom. The minimum atomic E-state index is -0.216. The Labute approximate surface area is 186 Å². The number of rotatable bonds is 10. The molecule has 170 valence electrons. The Kier molecular flexibility index (Phi) is 9.42. The largest absolute Gasteiger partial charge is 0.348 e. The highest BCUT2D eigenvalue weighted by Gasteiger charge is 2.39. The van der Waals surface area contributed by atoms with Crippen molar-refractivity contribution >= 4 is 0 Å². The quantitative estimate of drug-likeness (QED) is 0.562. The molecular formula is C24H36N4O3. The average Bonchev–Trinajstić information content (AvgIpc) is 3.00. The van der Waals surface area contributed by atoms with E-state index in [9.17, 15) is 0 Å². The highest BCUT2D eigenvalue weighted by Crippen LogP contribution is 2.22. The van der Waals surface area contributed by atoms with Crippen LogP contribution in [0.2, 0.25) is 0 Å². The third-order valence-corrected chi connectivity index (χ3v) is 5.25. The lowest BCUT2D eigenvalue weighted by Gasteiger charge is -2.38. The standard InChI is InChI=1S/C24H36N4O3/c1-27(2)25-21(15-19-11-7-5-8-12-19)23-24(31-18-29-17-30-23)22(26-28(3)4)16-20-13-9-6-10-14-20/h5-14,21-26H,15-18H2,1-4H3/t21-,22-,23+,24+/m1/s1. The van der Waals surface area contributed by atoms with Gasteiger partial charge in [0.1, 0.15) is 25.8 Å². The van der Waals surface area contributed by atoms with Crippen LogP contribution in [0.4, 0.5) is 0 Å². The van der Waals surface area contributed by atoms with Crippen LogP contribution in [0.25, 0.3) is 0 Å². The third kappa shape index (κ3) is 7.66. The van der Waals surface area contributed by atoms with E-state index in [1.165, 1.54) is 11.1 Å². The van der Waals surface area contributed by atoms with E-state index in [1.807, 2.05) is 50.3 Å². The molecule has 2 aromatic carbocycles. The Bertz CT molecular complexity index is 682. The molecule has 2 N–H and O–H groups in total. The molecule has 0 bridgehead atoms. The van der Waals surface area contributed by atoms with E-state index >= 15 is 0 Å². The van der Waals surface area contributed by atoms with Gasteiger partial charge in [0, 0.05) is 28.2 Å². The van der Waals surface area contributed by atoms with Crippen molar-refractivity contribution in [3.63, 3.8) is 0 Å². The Hall–Kier alpha value is -1.84. The molecule has 2 aromatic rings. The first-order chi connectivity index (χ1) is 15.0. The molecule has 7 heteroatoms. The summed E-state index contributed by atoms with van der Waals surface area (Å²) in [5.74, 6) is 0. The van der Waals surface area contributed by atoms with Gasteiger partial charge in [-0.25, -0.2) is 10.9 Å². The van der Waals surface area contributed by atoms with Crippen LogP contribution in [0.15, 0.2) is 60.7 Å². The summed E-state index contributed by atoms with van der Waals surface area (Å²) in [4.78, 5) is 0. The number of hydrogen-bond donors (Lipinski definition) is 2. The Balaban J connectivity index is 1.88. The van der Waals surface area contributed by atoms with Crippen LogP contribution in [0.1, 0.15) is 11.1 Å². The van der Waals surface area contributed by atoms with Crippen LogP contribution in [-0.4, -0.2) is 76.1 Å². The van der Waals surface area contributed by atoms with Crippen molar-refractivity contribution in [3.8, 4) is 0 Å². The van der Waals surface area contributed by atoms with Gasteiger partial charge in [0.05, 0.1) is 12.1 Å². The second-order valence-electron chi connectivity index (χ2n) is 8.34. The lowest BCUT2D eigenvalue weighted by atomic mass is 9.91. The molecule has 7 nitrogen and oxygen atoms in total. The van der Waals surface area contributed by atoms with E-state index in [-0.39, 0.29) is 37.9 Å². The Morgan fingerprint density at radius 1 is 0.710 bits per heavy atom. The fourth-order valence-corrected chi connectivity index (χ4v) is 4.04. The first kappa shape index (κ1) is 23.8. The van der Waals surface area contributed by atoms with Gasteiger partial charge in [-0.15, -0.1) is 0 Å². The summed E-state index contributed by atoms with van der Waals surface area (Å²) in [6, 6.07) is 20.9. The molecule has 0 radical (unpaired) electrons. The molecule has 0 aliphatic carbocycles. The fraction of sp³-hybridized carbons (Fsp3) is 0.500. The van der Waals surface area contributed by atoms with Crippen molar-refractivity contribution in [2.75, 3.05) is 41.8 Å². The lowest BCUT2D eigenvalue weighted by molar-refractivity contribution is -0.0928. The zero-order chi connectivity index (χ0) is 22.1. The van der Waals surface area contributed by atoms with Crippen LogP contribution >= 0.6 is 0 Å². The predicted octanol–water partition coefficient (Wildman–Crippen LogP) is 2.06. The number of nitrogens with one attached hydrogen (secondary N) is 2. The summed E-state index contributed by atoms with van der Waals surface area (Å²) in [6.07, 6.45) is 1.19. The smallest absolute Gasteiger partial charge is 0.150 e. The van der Waals surface area contributed by atoms with E-state index in [4.69, 9.17) is 14.2 Å². The maximum Gasteiger partial charge on any atom is 0.150 e.